The Bertz CT molecular complexity index is 894. The number of hydrogen-bond acceptors (Lipinski definition) is 0. The molecule has 0 N–H and O–H groups in total. The van der Waals surface area contributed by atoms with Crippen LogP contribution in [0, 0.1) is 35.2 Å². The number of unbranched alkanes of at least 4 members (excludes halogenated alkanes) is 3. The maximum Gasteiger partial charge on any atom is 0.152 e. The van der Waals surface area contributed by atoms with Crippen molar-refractivity contribution in [2.75, 3.05) is 0 Å². The molecule has 2 saturated carbocycles. The smallest absolute Gasteiger partial charge is 0.152 e. The van der Waals surface area contributed by atoms with Gasteiger partial charge in [0.1, 0.15) is 11.6 Å². The molecule has 0 spiro atoms. The second kappa shape index (κ2) is 9.51. The van der Waals surface area contributed by atoms with Crippen LogP contribution in [0.1, 0.15) is 89.0 Å². The van der Waals surface area contributed by atoms with Gasteiger partial charge in [0.15, 0.2) is 5.82 Å². The normalized spacial score (nSPS) is 26.7. The molecule has 164 valence electrons. The zero-order valence-electron chi connectivity index (χ0n) is 17.8. The van der Waals surface area contributed by atoms with Crippen molar-refractivity contribution in [2.24, 2.45) is 17.8 Å². The summed E-state index contributed by atoms with van der Waals surface area (Å²) in [4.78, 5) is 0. The van der Waals surface area contributed by atoms with Crippen molar-refractivity contribution in [3.05, 3.63) is 46.2 Å². The Morgan fingerprint density at radius 2 is 1.67 bits per heavy atom. The van der Waals surface area contributed by atoms with Crippen molar-refractivity contribution in [3.63, 3.8) is 0 Å². The van der Waals surface area contributed by atoms with Crippen molar-refractivity contribution < 1.29 is 13.2 Å². The number of hydrogen-bond donors (Lipinski definition) is 0. The maximum absolute atomic E-state index is 14.9. The van der Waals surface area contributed by atoms with E-state index in [-0.39, 0.29) is 21.7 Å². The summed E-state index contributed by atoms with van der Waals surface area (Å²) < 4.78 is 42.7. The minimum Gasteiger partial charge on any atom is -0.207 e. The van der Waals surface area contributed by atoms with Gasteiger partial charge in [-0.3, -0.25) is 0 Å². The molecule has 4 rings (SSSR count). The Kier molecular flexibility index (Phi) is 6.97. The van der Waals surface area contributed by atoms with Crippen LogP contribution in [0.4, 0.5) is 13.2 Å². The third kappa shape index (κ3) is 4.52. The van der Waals surface area contributed by atoms with Gasteiger partial charge in [-0.15, -0.1) is 0 Å². The van der Waals surface area contributed by atoms with Crippen molar-refractivity contribution in [2.45, 2.75) is 83.5 Å². The second-order valence-electron chi connectivity index (χ2n) is 9.64. The highest BCUT2D eigenvalue weighted by Gasteiger charge is 2.36. The van der Waals surface area contributed by atoms with Crippen LogP contribution in [-0.2, 0) is 0 Å². The average molecular weight is 437 g/mol. The first-order valence-corrected chi connectivity index (χ1v) is 12.1. The highest BCUT2D eigenvalue weighted by Crippen LogP contribution is 2.50. The predicted molar refractivity (Wildman–Crippen MR) is 119 cm³/mol. The molecule has 0 aliphatic heterocycles. The van der Waals surface area contributed by atoms with Gasteiger partial charge in [-0.1, -0.05) is 57.0 Å². The SMILES string of the molecule is CCCCCC[C@@H]1CC[C@@H]2CC(c3cc4cc(F)cc(F)c4c(F)c3Cl)CCC2C1. The fourth-order valence-electron chi connectivity index (χ4n) is 6.09. The van der Waals surface area contributed by atoms with E-state index in [9.17, 15) is 13.2 Å². The molecule has 2 aromatic rings. The zero-order chi connectivity index (χ0) is 21.3. The molecule has 2 aliphatic rings. The molecule has 0 nitrogen and oxygen atoms in total. The summed E-state index contributed by atoms with van der Waals surface area (Å²) in [6.45, 7) is 2.25. The van der Waals surface area contributed by atoms with Gasteiger partial charge >= 0.3 is 0 Å². The number of fused-ring (bicyclic) bond motifs is 2. The topological polar surface area (TPSA) is 0 Å². The largest absolute Gasteiger partial charge is 0.207 e. The average Bonchev–Trinajstić information content (AvgIpc) is 2.73. The minimum atomic E-state index is -0.892. The lowest BCUT2D eigenvalue weighted by molar-refractivity contribution is 0.113. The summed E-state index contributed by atoms with van der Waals surface area (Å²) in [5.41, 5.74) is 0.729. The lowest BCUT2D eigenvalue weighted by Gasteiger charge is -2.42. The Morgan fingerprint density at radius 1 is 0.900 bits per heavy atom. The predicted octanol–water partition coefficient (Wildman–Crippen LogP) is 9.18. The van der Waals surface area contributed by atoms with Gasteiger partial charge in [0, 0.05) is 6.07 Å². The highest BCUT2D eigenvalue weighted by molar-refractivity contribution is 6.32. The summed E-state index contributed by atoms with van der Waals surface area (Å²) in [6, 6.07) is 3.64. The molecule has 0 amide bonds. The van der Waals surface area contributed by atoms with Crippen molar-refractivity contribution in [1.82, 2.24) is 0 Å². The van der Waals surface area contributed by atoms with Crippen LogP contribution in [0.25, 0.3) is 10.8 Å². The van der Waals surface area contributed by atoms with Gasteiger partial charge in [0.2, 0.25) is 0 Å². The van der Waals surface area contributed by atoms with E-state index in [0.29, 0.717) is 12.0 Å². The van der Waals surface area contributed by atoms with Crippen LogP contribution in [0.3, 0.4) is 0 Å². The molecule has 0 bridgehead atoms. The van der Waals surface area contributed by atoms with Gasteiger partial charge in [-0.2, -0.15) is 0 Å². The van der Waals surface area contributed by atoms with Gasteiger partial charge in [-0.05, 0) is 78.9 Å². The molecule has 0 radical (unpaired) electrons. The first-order chi connectivity index (χ1) is 14.5. The quantitative estimate of drug-likeness (QED) is 0.396. The Labute approximate surface area is 183 Å². The van der Waals surface area contributed by atoms with E-state index in [1.807, 2.05) is 0 Å². The van der Waals surface area contributed by atoms with Gasteiger partial charge in [-0.25, -0.2) is 13.2 Å². The number of benzene rings is 2. The van der Waals surface area contributed by atoms with Crippen LogP contribution in [0.2, 0.25) is 5.02 Å². The molecule has 2 unspecified atom stereocenters. The molecule has 2 aliphatic carbocycles. The van der Waals surface area contributed by atoms with E-state index in [4.69, 9.17) is 11.6 Å². The first-order valence-electron chi connectivity index (χ1n) is 11.7. The molecule has 4 atom stereocenters. The summed E-state index contributed by atoms with van der Waals surface area (Å²) >= 11 is 6.36. The molecular formula is C26H32ClF3. The van der Waals surface area contributed by atoms with E-state index >= 15 is 0 Å². The molecule has 0 aromatic heterocycles. The second-order valence-corrected chi connectivity index (χ2v) is 10.0. The number of halogens is 4. The highest BCUT2D eigenvalue weighted by atomic mass is 35.5. The number of rotatable bonds is 6. The summed E-state index contributed by atoms with van der Waals surface area (Å²) in [5.74, 6) is 0.141. The third-order valence-corrected chi connectivity index (χ3v) is 8.07. The van der Waals surface area contributed by atoms with E-state index in [1.165, 1.54) is 57.4 Å². The van der Waals surface area contributed by atoms with Crippen molar-refractivity contribution >= 4 is 22.4 Å². The first kappa shape index (κ1) is 22.0. The molecule has 2 aromatic carbocycles. The third-order valence-electron chi connectivity index (χ3n) is 7.69. The monoisotopic (exact) mass is 436 g/mol. The Morgan fingerprint density at radius 3 is 2.47 bits per heavy atom. The molecule has 30 heavy (non-hydrogen) atoms. The van der Waals surface area contributed by atoms with Crippen LogP contribution >= 0.6 is 11.6 Å². The van der Waals surface area contributed by atoms with Crippen LogP contribution < -0.4 is 0 Å². The molecule has 4 heteroatoms. The van der Waals surface area contributed by atoms with Crippen molar-refractivity contribution in [3.8, 4) is 0 Å². The fraction of sp³-hybridized carbons (Fsp3) is 0.615. The Hall–Kier alpha value is -1.22. The maximum atomic E-state index is 14.9. The fourth-order valence-corrected chi connectivity index (χ4v) is 6.40. The van der Waals surface area contributed by atoms with Crippen molar-refractivity contribution in [1.29, 1.82) is 0 Å². The lowest BCUT2D eigenvalue weighted by Crippen LogP contribution is -2.30. The van der Waals surface area contributed by atoms with Crippen LogP contribution in [0.15, 0.2) is 18.2 Å². The van der Waals surface area contributed by atoms with E-state index < -0.39 is 17.5 Å². The summed E-state index contributed by atoms with van der Waals surface area (Å²) in [7, 11) is 0. The van der Waals surface area contributed by atoms with Gasteiger partial charge < -0.3 is 0 Å². The van der Waals surface area contributed by atoms with E-state index in [2.05, 4.69) is 6.92 Å². The molecule has 0 saturated heterocycles. The van der Waals surface area contributed by atoms with Crippen LogP contribution in [0.5, 0.6) is 0 Å². The molecule has 0 heterocycles. The molecular weight excluding hydrogens is 405 g/mol. The van der Waals surface area contributed by atoms with E-state index in [0.717, 1.165) is 36.7 Å². The summed E-state index contributed by atoms with van der Waals surface area (Å²) in [5, 5.41) is 0.0748. The van der Waals surface area contributed by atoms with E-state index in [1.54, 1.807) is 6.07 Å². The van der Waals surface area contributed by atoms with Gasteiger partial charge in [0.25, 0.3) is 0 Å². The zero-order valence-corrected chi connectivity index (χ0v) is 18.6. The lowest BCUT2D eigenvalue weighted by atomic mass is 9.63. The summed E-state index contributed by atoms with van der Waals surface area (Å²) in [6.07, 6.45) is 13.7. The van der Waals surface area contributed by atoms with Crippen LogP contribution in [-0.4, -0.2) is 0 Å². The minimum absolute atomic E-state index is 0.0149. The standard InChI is InChI=1S/C26H32ClF3/c1-2-3-4-5-6-16-7-8-18-12-19(10-9-17(18)11-16)22-14-20-13-21(28)15-23(29)24(20)26(30)25(22)27/h13-19H,2-12H2,1H3/t16-,17?,18-,19?/m1/s1. The Balaban J connectivity index is 1.46. The molecule has 2 fully saturated rings. The van der Waals surface area contributed by atoms with Gasteiger partial charge in [0.05, 0.1) is 10.4 Å².